The second-order valence-corrected chi connectivity index (χ2v) is 11.0. The number of benzene rings is 1. The number of amides is 2. The molecule has 5 rings (SSSR count). The Kier molecular flexibility index (Phi) is 7.28. The van der Waals surface area contributed by atoms with E-state index in [1.165, 1.54) is 7.11 Å². The third-order valence-electron chi connectivity index (χ3n) is 6.62. The molecule has 216 valence electrons. The number of aromatic amines is 1. The number of anilines is 3. The molecule has 2 amide bonds. The molecule has 1 fully saturated rings. The molecule has 12 nitrogen and oxygen atoms in total. The SMILES string of the molecule is COc1nn(C)cc1Nc1ncc(C)c(-c2c[nH]c3c(NC(=O)[C@H]4C[C@H](F)CN4C(=O)OC(C)(C)C)cccc23)n1. The van der Waals surface area contributed by atoms with E-state index < -0.39 is 29.8 Å². The van der Waals surface area contributed by atoms with Crippen LogP contribution < -0.4 is 15.4 Å². The number of halogens is 1. The second-order valence-electron chi connectivity index (χ2n) is 11.0. The molecule has 3 N–H and O–H groups in total. The first kappa shape index (κ1) is 27.9. The van der Waals surface area contributed by atoms with Gasteiger partial charge in [0.25, 0.3) is 5.88 Å². The van der Waals surface area contributed by atoms with Crippen LogP contribution in [0.25, 0.3) is 22.2 Å². The summed E-state index contributed by atoms with van der Waals surface area (Å²) in [7, 11) is 3.32. The van der Waals surface area contributed by atoms with Gasteiger partial charge in [0.2, 0.25) is 11.9 Å². The topological polar surface area (TPSA) is 139 Å². The zero-order valence-electron chi connectivity index (χ0n) is 23.8. The molecule has 3 aromatic heterocycles. The molecule has 4 heterocycles. The number of nitrogens with one attached hydrogen (secondary N) is 3. The highest BCUT2D eigenvalue weighted by Crippen LogP contribution is 2.34. The minimum absolute atomic E-state index is 0.103. The van der Waals surface area contributed by atoms with Crippen molar-refractivity contribution in [2.75, 3.05) is 24.3 Å². The first-order valence-electron chi connectivity index (χ1n) is 13.2. The molecule has 1 aromatic carbocycles. The monoisotopic (exact) mass is 564 g/mol. The number of carbonyl (C=O) groups excluding carboxylic acids is 2. The van der Waals surface area contributed by atoms with Crippen LogP contribution in [0.3, 0.4) is 0 Å². The van der Waals surface area contributed by atoms with E-state index in [0.717, 1.165) is 21.4 Å². The highest BCUT2D eigenvalue weighted by molar-refractivity contribution is 6.07. The van der Waals surface area contributed by atoms with Crippen LogP contribution >= 0.6 is 0 Å². The quantitative estimate of drug-likeness (QED) is 0.306. The first-order valence-corrected chi connectivity index (χ1v) is 13.2. The van der Waals surface area contributed by atoms with Crippen LogP contribution in [0, 0.1) is 6.92 Å². The van der Waals surface area contributed by atoms with E-state index in [1.54, 1.807) is 51.0 Å². The molecule has 0 radical (unpaired) electrons. The summed E-state index contributed by atoms with van der Waals surface area (Å²) in [6, 6.07) is 4.47. The Morgan fingerprint density at radius 2 is 2.00 bits per heavy atom. The Morgan fingerprint density at radius 1 is 1.22 bits per heavy atom. The minimum atomic E-state index is -1.32. The highest BCUT2D eigenvalue weighted by atomic mass is 19.1. The number of ether oxygens (including phenoxy) is 2. The average Bonchev–Trinajstić information content (AvgIpc) is 3.61. The van der Waals surface area contributed by atoms with Gasteiger partial charge in [0.05, 0.1) is 36.7 Å². The van der Waals surface area contributed by atoms with Crippen molar-refractivity contribution in [1.82, 2.24) is 29.6 Å². The Morgan fingerprint density at radius 3 is 2.73 bits per heavy atom. The summed E-state index contributed by atoms with van der Waals surface area (Å²) in [5.74, 6) is 0.284. The summed E-state index contributed by atoms with van der Waals surface area (Å²) < 4.78 is 26.7. The van der Waals surface area contributed by atoms with Gasteiger partial charge in [0, 0.05) is 36.8 Å². The van der Waals surface area contributed by atoms with Gasteiger partial charge in [-0.3, -0.25) is 14.4 Å². The fraction of sp³-hybridized carbons (Fsp3) is 0.393. The van der Waals surface area contributed by atoms with Crippen molar-refractivity contribution in [2.45, 2.75) is 51.9 Å². The zero-order valence-corrected chi connectivity index (χ0v) is 23.8. The van der Waals surface area contributed by atoms with E-state index >= 15 is 0 Å². The van der Waals surface area contributed by atoms with E-state index in [4.69, 9.17) is 14.5 Å². The van der Waals surface area contributed by atoms with Crippen LogP contribution in [0.2, 0.25) is 0 Å². The van der Waals surface area contributed by atoms with Crippen molar-refractivity contribution >= 4 is 40.2 Å². The Labute approximate surface area is 236 Å². The van der Waals surface area contributed by atoms with Gasteiger partial charge in [-0.15, -0.1) is 5.10 Å². The second kappa shape index (κ2) is 10.7. The minimum Gasteiger partial charge on any atom is -0.478 e. The standard InChI is InChI=1S/C28H33FN8O4/c1-15-11-31-26(33-20-14-36(5)35-25(20)40-6)34-22(15)18-12-30-23-17(18)8-7-9-19(23)32-24(38)21-10-16(29)13-37(21)27(39)41-28(2,3)4/h7-9,11-12,14,16,21,30H,10,13H2,1-6H3,(H,32,38)(H,31,33,34)/t16-,21+/m0/s1. The molecule has 13 heteroatoms. The Hall–Kier alpha value is -4.68. The lowest BCUT2D eigenvalue weighted by atomic mass is 10.1. The molecule has 0 bridgehead atoms. The smallest absolute Gasteiger partial charge is 0.411 e. The molecule has 41 heavy (non-hydrogen) atoms. The number of fused-ring (bicyclic) bond motifs is 1. The molecular formula is C28H33FN8O4. The number of H-pyrrole nitrogens is 1. The number of aryl methyl sites for hydroxylation is 2. The van der Waals surface area contributed by atoms with Crippen molar-refractivity contribution in [1.29, 1.82) is 0 Å². The summed E-state index contributed by atoms with van der Waals surface area (Å²) in [5, 5.41) is 11.1. The third-order valence-corrected chi connectivity index (χ3v) is 6.62. The van der Waals surface area contributed by atoms with Crippen molar-refractivity contribution < 1.29 is 23.5 Å². The lowest BCUT2D eigenvalue weighted by Crippen LogP contribution is -2.45. The van der Waals surface area contributed by atoms with Gasteiger partial charge >= 0.3 is 6.09 Å². The Balaban J connectivity index is 1.41. The van der Waals surface area contributed by atoms with Crippen molar-refractivity contribution in [3.63, 3.8) is 0 Å². The van der Waals surface area contributed by atoms with Gasteiger partial charge in [-0.25, -0.2) is 19.2 Å². The number of hydrogen-bond donors (Lipinski definition) is 3. The predicted octanol–water partition coefficient (Wildman–Crippen LogP) is 4.71. The highest BCUT2D eigenvalue weighted by Gasteiger charge is 2.42. The van der Waals surface area contributed by atoms with Gasteiger partial charge in [0.15, 0.2) is 0 Å². The lowest BCUT2D eigenvalue weighted by molar-refractivity contribution is -0.120. The summed E-state index contributed by atoms with van der Waals surface area (Å²) in [6.07, 6.45) is 3.16. The largest absolute Gasteiger partial charge is 0.478 e. The van der Waals surface area contributed by atoms with E-state index in [1.807, 2.05) is 25.3 Å². The van der Waals surface area contributed by atoms with Crippen LogP contribution in [-0.2, 0) is 16.6 Å². The fourth-order valence-electron chi connectivity index (χ4n) is 4.83. The van der Waals surface area contributed by atoms with Gasteiger partial charge < -0.3 is 25.1 Å². The maximum Gasteiger partial charge on any atom is 0.411 e. The predicted molar refractivity (Wildman–Crippen MR) is 152 cm³/mol. The molecule has 1 aliphatic rings. The van der Waals surface area contributed by atoms with Gasteiger partial charge in [-0.1, -0.05) is 12.1 Å². The summed E-state index contributed by atoms with van der Waals surface area (Å²) in [5.41, 5.74) is 3.35. The zero-order chi connectivity index (χ0) is 29.5. The molecule has 0 saturated carbocycles. The summed E-state index contributed by atoms with van der Waals surface area (Å²) in [6.45, 7) is 6.88. The normalized spacial score (nSPS) is 17.1. The maximum absolute atomic E-state index is 14.3. The van der Waals surface area contributed by atoms with Crippen LogP contribution in [0.4, 0.5) is 26.5 Å². The van der Waals surface area contributed by atoms with Crippen LogP contribution in [-0.4, -0.2) is 73.1 Å². The van der Waals surface area contributed by atoms with E-state index in [-0.39, 0.29) is 13.0 Å². The number of likely N-dealkylation sites (tertiary alicyclic amines) is 1. The van der Waals surface area contributed by atoms with Crippen LogP contribution in [0.15, 0.2) is 36.8 Å². The van der Waals surface area contributed by atoms with Crippen molar-refractivity contribution in [2.24, 2.45) is 7.05 Å². The molecule has 0 unspecified atom stereocenters. The number of alkyl halides is 1. The number of para-hydroxylation sites is 1. The lowest BCUT2D eigenvalue weighted by Gasteiger charge is -2.27. The van der Waals surface area contributed by atoms with E-state index in [0.29, 0.717) is 34.4 Å². The number of nitrogens with zero attached hydrogens (tertiary/aromatic N) is 5. The molecule has 2 atom stereocenters. The molecule has 0 spiro atoms. The maximum atomic E-state index is 14.3. The number of rotatable bonds is 6. The first-order chi connectivity index (χ1) is 19.4. The average molecular weight is 565 g/mol. The summed E-state index contributed by atoms with van der Waals surface area (Å²) in [4.78, 5) is 39.5. The molecule has 0 aliphatic carbocycles. The van der Waals surface area contributed by atoms with E-state index in [2.05, 4.69) is 25.7 Å². The fourth-order valence-corrected chi connectivity index (χ4v) is 4.83. The summed E-state index contributed by atoms with van der Waals surface area (Å²) >= 11 is 0. The number of hydrogen-bond acceptors (Lipinski definition) is 8. The number of carbonyl (C=O) groups is 2. The van der Waals surface area contributed by atoms with Crippen LogP contribution in [0.5, 0.6) is 5.88 Å². The van der Waals surface area contributed by atoms with Gasteiger partial charge in [-0.05, 0) is 39.3 Å². The van der Waals surface area contributed by atoms with E-state index in [9.17, 15) is 14.0 Å². The molecular weight excluding hydrogens is 531 g/mol. The van der Waals surface area contributed by atoms with Crippen molar-refractivity contribution in [3.05, 3.63) is 42.4 Å². The van der Waals surface area contributed by atoms with Gasteiger partial charge in [-0.2, -0.15) is 0 Å². The van der Waals surface area contributed by atoms with Crippen LogP contribution in [0.1, 0.15) is 32.8 Å². The Bertz CT molecular complexity index is 1610. The number of aromatic nitrogens is 5. The molecule has 4 aromatic rings. The van der Waals surface area contributed by atoms with Gasteiger partial charge in [0.1, 0.15) is 23.5 Å². The van der Waals surface area contributed by atoms with Crippen molar-refractivity contribution in [3.8, 4) is 17.1 Å². The number of methoxy groups -OCH3 is 1. The third kappa shape index (κ3) is 5.79. The molecule has 1 aliphatic heterocycles. The molecule has 1 saturated heterocycles.